The van der Waals surface area contributed by atoms with Crippen LogP contribution in [0, 0.1) is 5.92 Å². The zero-order valence-corrected chi connectivity index (χ0v) is 8.17. The molecule has 0 saturated carbocycles. The van der Waals surface area contributed by atoms with Gasteiger partial charge in [0.1, 0.15) is 6.61 Å². The van der Waals surface area contributed by atoms with Crippen LogP contribution in [0.4, 0.5) is 8.78 Å². The van der Waals surface area contributed by atoms with Crippen molar-refractivity contribution in [2.24, 2.45) is 5.92 Å². The molecule has 0 saturated heterocycles. The Morgan fingerprint density at radius 2 is 1.92 bits per heavy atom. The molecule has 1 N–H and O–H groups in total. The van der Waals surface area contributed by atoms with E-state index >= 15 is 0 Å². The highest BCUT2D eigenvalue weighted by molar-refractivity contribution is 4.57. The van der Waals surface area contributed by atoms with Crippen LogP contribution in [0.2, 0.25) is 0 Å². The summed E-state index contributed by atoms with van der Waals surface area (Å²) in [6.45, 7) is 3.68. The molecule has 0 fully saturated rings. The molecule has 0 bridgehead atoms. The summed E-state index contributed by atoms with van der Waals surface area (Å²) in [6, 6.07) is 0. The summed E-state index contributed by atoms with van der Waals surface area (Å²) in [4.78, 5) is 0. The van der Waals surface area contributed by atoms with E-state index in [2.05, 4.69) is 4.74 Å². The predicted octanol–water partition coefficient (Wildman–Crippen LogP) is 2.07. The van der Waals surface area contributed by atoms with Gasteiger partial charge in [0.25, 0.3) is 6.43 Å². The van der Waals surface area contributed by atoms with Crippen LogP contribution in [0.25, 0.3) is 0 Å². The number of halogens is 2. The number of ether oxygens (including phenoxy) is 1. The van der Waals surface area contributed by atoms with Gasteiger partial charge in [-0.1, -0.05) is 13.8 Å². The van der Waals surface area contributed by atoms with Gasteiger partial charge in [-0.25, -0.2) is 8.78 Å². The van der Waals surface area contributed by atoms with Crippen LogP contribution in [0.5, 0.6) is 0 Å². The van der Waals surface area contributed by atoms with Gasteiger partial charge in [-0.3, -0.25) is 0 Å². The summed E-state index contributed by atoms with van der Waals surface area (Å²) >= 11 is 0. The summed E-state index contributed by atoms with van der Waals surface area (Å²) in [5, 5.41) is 9.32. The maximum Gasteiger partial charge on any atom is 0.261 e. The molecule has 1 unspecified atom stereocenters. The molecule has 2 nitrogen and oxygen atoms in total. The van der Waals surface area contributed by atoms with Gasteiger partial charge in [0.15, 0.2) is 0 Å². The smallest absolute Gasteiger partial charge is 0.261 e. The van der Waals surface area contributed by atoms with Crippen molar-refractivity contribution in [3.8, 4) is 0 Å². The first-order chi connectivity index (χ1) is 6.02. The van der Waals surface area contributed by atoms with Crippen molar-refractivity contribution < 1.29 is 18.6 Å². The van der Waals surface area contributed by atoms with Gasteiger partial charge in [0.05, 0.1) is 6.10 Å². The molecule has 0 aromatic rings. The maximum absolute atomic E-state index is 11.6. The topological polar surface area (TPSA) is 29.5 Å². The Bertz CT molecular complexity index is 118. The molecule has 4 heteroatoms. The fourth-order valence-electron chi connectivity index (χ4n) is 1.05. The normalized spacial score (nSPS) is 14.1. The van der Waals surface area contributed by atoms with E-state index in [-0.39, 0.29) is 6.61 Å². The van der Waals surface area contributed by atoms with E-state index in [0.717, 1.165) is 0 Å². The first kappa shape index (κ1) is 12.8. The fraction of sp³-hybridized carbons (Fsp3) is 1.00. The number of alkyl halides is 2. The van der Waals surface area contributed by atoms with Crippen molar-refractivity contribution in [3.63, 3.8) is 0 Å². The molecular formula is C9H18F2O2. The average molecular weight is 196 g/mol. The second-order valence-corrected chi connectivity index (χ2v) is 3.54. The largest absolute Gasteiger partial charge is 0.393 e. The Hall–Kier alpha value is -0.220. The Morgan fingerprint density at radius 1 is 1.31 bits per heavy atom. The molecule has 0 aromatic carbocycles. The third kappa shape index (κ3) is 9.70. The molecule has 0 aliphatic heterocycles. The lowest BCUT2D eigenvalue weighted by Crippen LogP contribution is -2.14. The highest BCUT2D eigenvalue weighted by atomic mass is 19.3. The summed E-state index contributed by atoms with van der Waals surface area (Å²) in [5.41, 5.74) is 0. The lowest BCUT2D eigenvalue weighted by Gasteiger charge is -2.12. The molecule has 0 aromatic heterocycles. The second-order valence-electron chi connectivity index (χ2n) is 3.54. The SMILES string of the molecule is CC(C)CC(O)CCOCC(F)F. The minimum absolute atomic E-state index is 0.207. The molecule has 0 aliphatic rings. The molecule has 0 radical (unpaired) electrons. The van der Waals surface area contributed by atoms with Gasteiger partial charge < -0.3 is 9.84 Å². The number of rotatable bonds is 7. The van der Waals surface area contributed by atoms with E-state index in [1.807, 2.05) is 13.8 Å². The van der Waals surface area contributed by atoms with Crippen LogP contribution >= 0.6 is 0 Å². The molecule has 80 valence electrons. The van der Waals surface area contributed by atoms with E-state index in [9.17, 15) is 13.9 Å². The fourth-order valence-corrected chi connectivity index (χ4v) is 1.05. The first-order valence-corrected chi connectivity index (χ1v) is 4.56. The molecular weight excluding hydrogens is 178 g/mol. The van der Waals surface area contributed by atoms with Crippen LogP contribution < -0.4 is 0 Å². The molecule has 1 atom stereocenters. The third-order valence-electron chi connectivity index (χ3n) is 1.58. The van der Waals surface area contributed by atoms with Crippen molar-refractivity contribution in [3.05, 3.63) is 0 Å². The average Bonchev–Trinajstić information content (AvgIpc) is 1.96. The van der Waals surface area contributed by atoms with Crippen molar-refractivity contribution in [1.29, 1.82) is 0 Å². The minimum atomic E-state index is -2.41. The molecule has 0 aliphatic carbocycles. The second kappa shape index (κ2) is 7.21. The highest BCUT2D eigenvalue weighted by Gasteiger charge is 2.07. The molecule has 0 heterocycles. The zero-order valence-electron chi connectivity index (χ0n) is 8.17. The minimum Gasteiger partial charge on any atom is -0.393 e. The third-order valence-corrected chi connectivity index (χ3v) is 1.58. The summed E-state index contributed by atoms with van der Waals surface area (Å²) < 4.78 is 27.8. The molecule has 13 heavy (non-hydrogen) atoms. The quantitative estimate of drug-likeness (QED) is 0.631. The van der Waals surface area contributed by atoms with Crippen LogP contribution in [-0.4, -0.2) is 30.8 Å². The van der Waals surface area contributed by atoms with E-state index in [1.54, 1.807) is 0 Å². The van der Waals surface area contributed by atoms with Crippen LogP contribution in [0.3, 0.4) is 0 Å². The Labute approximate surface area is 77.9 Å². The van der Waals surface area contributed by atoms with E-state index in [4.69, 9.17) is 0 Å². The lowest BCUT2D eigenvalue weighted by molar-refractivity contribution is 0.00300. The zero-order chi connectivity index (χ0) is 10.3. The summed E-state index contributed by atoms with van der Waals surface area (Å²) in [5.74, 6) is 0.421. The van der Waals surface area contributed by atoms with Crippen molar-refractivity contribution in [1.82, 2.24) is 0 Å². The van der Waals surface area contributed by atoms with Crippen molar-refractivity contribution in [2.45, 2.75) is 39.2 Å². The Balaban J connectivity index is 3.22. The van der Waals surface area contributed by atoms with Crippen molar-refractivity contribution >= 4 is 0 Å². The first-order valence-electron chi connectivity index (χ1n) is 4.56. The number of aliphatic hydroxyl groups is 1. The highest BCUT2D eigenvalue weighted by Crippen LogP contribution is 2.07. The number of hydrogen-bond acceptors (Lipinski definition) is 2. The molecule has 0 amide bonds. The van der Waals surface area contributed by atoms with Crippen LogP contribution in [0.15, 0.2) is 0 Å². The number of aliphatic hydroxyl groups excluding tert-OH is 1. The van der Waals surface area contributed by atoms with Gasteiger partial charge >= 0.3 is 0 Å². The van der Waals surface area contributed by atoms with E-state index in [1.165, 1.54) is 0 Å². The van der Waals surface area contributed by atoms with E-state index < -0.39 is 19.1 Å². The Kier molecular flexibility index (Phi) is 7.09. The van der Waals surface area contributed by atoms with Gasteiger partial charge in [0.2, 0.25) is 0 Å². The lowest BCUT2D eigenvalue weighted by atomic mass is 10.0. The Morgan fingerprint density at radius 3 is 2.38 bits per heavy atom. The molecule has 0 spiro atoms. The van der Waals surface area contributed by atoms with Gasteiger partial charge in [-0.15, -0.1) is 0 Å². The standard InChI is InChI=1S/C9H18F2O2/c1-7(2)5-8(12)3-4-13-6-9(10)11/h7-9,12H,3-6H2,1-2H3. The summed E-state index contributed by atoms with van der Waals surface area (Å²) in [7, 11) is 0. The van der Waals surface area contributed by atoms with Gasteiger partial charge in [0, 0.05) is 6.61 Å². The maximum atomic E-state index is 11.6. The predicted molar refractivity (Wildman–Crippen MR) is 46.9 cm³/mol. The monoisotopic (exact) mass is 196 g/mol. The van der Waals surface area contributed by atoms with Crippen LogP contribution in [0.1, 0.15) is 26.7 Å². The number of hydrogen-bond donors (Lipinski definition) is 1. The molecule has 0 rings (SSSR count). The van der Waals surface area contributed by atoms with Crippen molar-refractivity contribution in [2.75, 3.05) is 13.2 Å². The van der Waals surface area contributed by atoms with Gasteiger partial charge in [-0.05, 0) is 18.8 Å². The van der Waals surface area contributed by atoms with E-state index in [0.29, 0.717) is 18.8 Å². The summed E-state index contributed by atoms with van der Waals surface area (Å²) in [6.07, 6.45) is -1.72. The van der Waals surface area contributed by atoms with Crippen LogP contribution in [-0.2, 0) is 4.74 Å². The van der Waals surface area contributed by atoms with Gasteiger partial charge in [-0.2, -0.15) is 0 Å².